The predicted molar refractivity (Wildman–Crippen MR) is 72.2 cm³/mol. The summed E-state index contributed by atoms with van der Waals surface area (Å²) >= 11 is 3.28. The van der Waals surface area contributed by atoms with Gasteiger partial charge in [-0.2, -0.15) is 0 Å². The van der Waals surface area contributed by atoms with Crippen molar-refractivity contribution >= 4 is 15.9 Å². The van der Waals surface area contributed by atoms with Gasteiger partial charge in [0.2, 0.25) is 0 Å². The number of benzene rings is 1. The zero-order chi connectivity index (χ0) is 12.3. The van der Waals surface area contributed by atoms with Gasteiger partial charge in [0.05, 0.1) is 4.47 Å². The van der Waals surface area contributed by atoms with Crippen LogP contribution in [-0.2, 0) is 0 Å². The third kappa shape index (κ3) is 3.29. The van der Waals surface area contributed by atoms with E-state index in [1.54, 1.807) is 6.07 Å². The van der Waals surface area contributed by atoms with Gasteiger partial charge >= 0.3 is 0 Å². The van der Waals surface area contributed by atoms with E-state index in [9.17, 15) is 4.39 Å². The van der Waals surface area contributed by atoms with Gasteiger partial charge in [-0.1, -0.05) is 37.8 Å². The number of rotatable bonds is 4. The van der Waals surface area contributed by atoms with Crippen molar-refractivity contribution in [1.82, 2.24) is 0 Å². The summed E-state index contributed by atoms with van der Waals surface area (Å²) in [6.07, 6.45) is 7.54. The van der Waals surface area contributed by atoms with Crippen molar-refractivity contribution in [1.29, 1.82) is 0 Å². The molecule has 1 atom stereocenters. The van der Waals surface area contributed by atoms with E-state index in [1.165, 1.54) is 38.2 Å². The molecule has 0 aromatic heterocycles. The molecule has 94 valence electrons. The van der Waals surface area contributed by atoms with E-state index < -0.39 is 0 Å². The molecule has 0 amide bonds. The Balaban J connectivity index is 1.94. The first-order chi connectivity index (χ1) is 8.18. The number of nitrogens with two attached hydrogens (primary N) is 1. The van der Waals surface area contributed by atoms with Crippen LogP contribution < -0.4 is 5.73 Å². The Kier molecular flexibility index (Phi) is 4.57. The molecule has 3 heteroatoms. The van der Waals surface area contributed by atoms with Crippen molar-refractivity contribution in [2.45, 2.75) is 44.6 Å². The Morgan fingerprint density at radius 3 is 2.76 bits per heavy atom. The van der Waals surface area contributed by atoms with E-state index in [4.69, 9.17) is 5.73 Å². The molecule has 1 aliphatic rings. The maximum atomic E-state index is 13.4. The monoisotopic (exact) mass is 299 g/mol. The van der Waals surface area contributed by atoms with Crippen LogP contribution in [-0.4, -0.2) is 0 Å². The van der Waals surface area contributed by atoms with E-state index in [0.29, 0.717) is 4.47 Å². The lowest BCUT2D eigenvalue weighted by atomic mass is 9.95. The van der Waals surface area contributed by atoms with E-state index in [1.807, 2.05) is 6.07 Å². The molecular weight excluding hydrogens is 281 g/mol. The average molecular weight is 300 g/mol. The van der Waals surface area contributed by atoms with Gasteiger partial charge < -0.3 is 5.73 Å². The fraction of sp³-hybridized carbons (Fsp3) is 0.571. The molecule has 0 saturated heterocycles. The lowest BCUT2D eigenvalue weighted by molar-refractivity contribution is 0.452. The highest BCUT2D eigenvalue weighted by molar-refractivity contribution is 9.10. The fourth-order valence-corrected chi connectivity index (χ4v) is 3.24. The molecule has 1 aromatic rings. The smallest absolute Gasteiger partial charge is 0.137 e. The van der Waals surface area contributed by atoms with Gasteiger partial charge in [-0.05, 0) is 46.3 Å². The van der Waals surface area contributed by atoms with Crippen molar-refractivity contribution in [3.63, 3.8) is 0 Å². The molecule has 2 N–H and O–H groups in total. The van der Waals surface area contributed by atoms with Gasteiger partial charge in [0.25, 0.3) is 0 Å². The summed E-state index contributed by atoms with van der Waals surface area (Å²) < 4.78 is 13.9. The second kappa shape index (κ2) is 5.96. The minimum Gasteiger partial charge on any atom is -0.324 e. The maximum Gasteiger partial charge on any atom is 0.137 e. The molecule has 17 heavy (non-hydrogen) atoms. The standard InChI is InChI=1S/C14H19BrFN/c15-14-11(6-3-7-12(14)16)13(17)9-8-10-4-1-2-5-10/h3,6-7,10,13H,1-2,4-5,8-9,17H2. The second-order valence-corrected chi connectivity index (χ2v) is 5.77. The number of halogens is 2. The minimum absolute atomic E-state index is 0.0549. The predicted octanol–water partition coefficient (Wildman–Crippen LogP) is 4.56. The van der Waals surface area contributed by atoms with Crippen LogP contribution in [0.15, 0.2) is 22.7 Å². The van der Waals surface area contributed by atoms with Gasteiger partial charge in [0.15, 0.2) is 0 Å². The molecular formula is C14H19BrFN. The van der Waals surface area contributed by atoms with Crippen LogP contribution in [0, 0.1) is 11.7 Å². The molecule has 1 nitrogen and oxygen atoms in total. The van der Waals surface area contributed by atoms with Crippen LogP contribution in [0.25, 0.3) is 0 Å². The Morgan fingerprint density at radius 1 is 1.35 bits per heavy atom. The zero-order valence-corrected chi connectivity index (χ0v) is 11.5. The van der Waals surface area contributed by atoms with Crippen LogP contribution in [0.5, 0.6) is 0 Å². The van der Waals surface area contributed by atoms with Crippen molar-refractivity contribution < 1.29 is 4.39 Å². The Labute approximate surface area is 111 Å². The molecule has 1 fully saturated rings. The number of hydrogen-bond acceptors (Lipinski definition) is 1. The van der Waals surface area contributed by atoms with E-state index in [0.717, 1.165) is 17.9 Å². The summed E-state index contributed by atoms with van der Waals surface area (Å²) in [6, 6.07) is 5.04. The molecule has 0 spiro atoms. The van der Waals surface area contributed by atoms with Crippen LogP contribution in [0.4, 0.5) is 4.39 Å². The molecule has 1 saturated carbocycles. The first-order valence-electron chi connectivity index (χ1n) is 6.38. The molecule has 1 aromatic carbocycles. The summed E-state index contributed by atoms with van der Waals surface area (Å²) in [6.45, 7) is 0. The lowest BCUT2D eigenvalue weighted by Gasteiger charge is -2.16. The molecule has 0 bridgehead atoms. The van der Waals surface area contributed by atoms with Crippen LogP contribution in [0.2, 0.25) is 0 Å². The number of hydrogen-bond donors (Lipinski definition) is 1. The molecule has 2 rings (SSSR count). The summed E-state index contributed by atoms with van der Waals surface area (Å²) in [7, 11) is 0. The van der Waals surface area contributed by atoms with Gasteiger partial charge in [-0.15, -0.1) is 0 Å². The summed E-state index contributed by atoms with van der Waals surface area (Å²) in [5, 5.41) is 0. The Bertz CT molecular complexity index is 374. The van der Waals surface area contributed by atoms with E-state index in [2.05, 4.69) is 15.9 Å². The van der Waals surface area contributed by atoms with Gasteiger partial charge in [-0.25, -0.2) is 4.39 Å². The van der Waals surface area contributed by atoms with Crippen molar-refractivity contribution in [2.24, 2.45) is 11.7 Å². The minimum atomic E-state index is -0.223. The van der Waals surface area contributed by atoms with Gasteiger partial charge in [-0.3, -0.25) is 0 Å². The van der Waals surface area contributed by atoms with Crippen molar-refractivity contribution in [3.8, 4) is 0 Å². The molecule has 0 heterocycles. The first kappa shape index (κ1) is 13.0. The molecule has 1 aliphatic carbocycles. The lowest BCUT2D eigenvalue weighted by Crippen LogP contribution is -2.13. The normalized spacial score (nSPS) is 18.5. The van der Waals surface area contributed by atoms with Crippen molar-refractivity contribution in [3.05, 3.63) is 34.1 Å². The Morgan fingerprint density at radius 2 is 2.06 bits per heavy atom. The second-order valence-electron chi connectivity index (χ2n) is 4.98. The topological polar surface area (TPSA) is 26.0 Å². The average Bonchev–Trinajstić information content (AvgIpc) is 2.82. The molecule has 1 unspecified atom stereocenters. The Hall–Kier alpha value is -0.410. The van der Waals surface area contributed by atoms with Gasteiger partial charge in [0.1, 0.15) is 5.82 Å². The SMILES string of the molecule is NC(CCC1CCCC1)c1cccc(F)c1Br. The molecule has 0 aliphatic heterocycles. The molecule has 0 radical (unpaired) electrons. The fourth-order valence-electron chi connectivity index (χ4n) is 2.68. The highest BCUT2D eigenvalue weighted by Crippen LogP contribution is 2.32. The van der Waals surface area contributed by atoms with E-state index in [-0.39, 0.29) is 11.9 Å². The largest absolute Gasteiger partial charge is 0.324 e. The third-order valence-corrected chi connectivity index (χ3v) is 4.58. The summed E-state index contributed by atoms with van der Waals surface area (Å²) in [5.74, 6) is 0.618. The van der Waals surface area contributed by atoms with Gasteiger partial charge in [0, 0.05) is 6.04 Å². The van der Waals surface area contributed by atoms with Crippen LogP contribution in [0.1, 0.15) is 50.1 Å². The first-order valence-corrected chi connectivity index (χ1v) is 7.17. The van der Waals surface area contributed by atoms with E-state index >= 15 is 0 Å². The summed E-state index contributed by atoms with van der Waals surface area (Å²) in [4.78, 5) is 0. The zero-order valence-electron chi connectivity index (χ0n) is 9.96. The maximum absolute atomic E-state index is 13.4. The van der Waals surface area contributed by atoms with Crippen LogP contribution in [0.3, 0.4) is 0 Å². The highest BCUT2D eigenvalue weighted by Gasteiger charge is 2.18. The van der Waals surface area contributed by atoms with Crippen molar-refractivity contribution in [2.75, 3.05) is 0 Å². The quantitative estimate of drug-likeness (QED) is 0.866. The summed E-state index contributed by atoms with van der Waals surface area (Å²) in [5.41, 5.74) is 7.04. The highest BCUT2D eigenvalue weighted by atomic mass is 79.9. The third-order valence-electron chi connectivity index (χ3n) is 3.74. The van der Waals surface area contributed by atoms with Crippen LogP contribution >= 0.6 is 15.9 Å².